The first kappa shape index (κ1) is 24.5. The Morgan fingerprint density at radius 3 is 1.61 bits per heavy atom. The van der Waals surface area contributed by atoms with E-state index >= 15 is 0 Å². The number of hydrogen-bond acceptors (Lipinski definition) is 8. The van der Waals surface area contributed by atoms with E-state index in [1.807, 2.05) is 62.4 Å². The topological polar surface area (TPSA) is 113 Å². The largest absolute Gasteiger partial charge is 0.497 e. The van der Waals surface area contributed by atoms with Crippen LogP contribution in [0.5, 0.6) is 5.75 Å². The Kier molecular flexibility index (Phi) is 7.60. The summed E-state index contributed by atoms with van der Waals surface area (Å²) < 4.78 is 5.16. The second-order valence-corrected chi connectivity index (χ2v) is 8.37. The van der Waals surface area contributed by atoms with Gasteiger partial charge in [0, 0.05) is 17.1 Å². The zero-order valence-corrected chi connectivity index (χ0v) is 20.7. The molecule has 1 heterocycles. The van der Waals surface area contributed by atoms with Gasteiger partial charge in [0.25, 0.3) is 0 Å². The van der Waals surface area contributed by atoms with Gasteiger partial charge in [-0.15, -0.1) is 0 Å². The van der Waals surface area contributed by atoms with Crippen molar-refractivity contribution in [1.29, 1.82) is 0 Å². The van der Waals surface area contributed by atoms with Gasteiger partial charge in [-0.2, -0.15) is 15.0 Å². The molecule has 9 heteroatoms. The van der Waals surface area contributed by atoms with Gasteiger partial charge in [-0.1, -0.05) is 35.4 Å². The molecule has 1 aromatic heterocycles. The average molecular weight is 484 g/mol. The molecule has 1 amide bonds. The number of methoxy groups -OCH3 is 1. The van der Waals surface area contributed by atoms with Gasteiger partial charge in [0.1, 0.15) is 11.8 Å². The third-order valence-electron chi connectivity index (χ3n) is 5.35. The summed E-state index contributed by atoms with van der Waals surface area (Å²) in [7, 11) is 1.60. The molecule has 3 aromatic carbocycles. The second-order valence-electron chi connectivity index (χ2n) is 8.37. The van der Waals surface area contributed by atoms with E-state index < -0.39 is 6.04 Å². The van der Waals surface area contributed by atoms with Crippen LogP contribution < -0.4 is 26.0 Å². The van der Waals surface area contributed by atoms with E-state index in [0.717, 1.165) is 22.5 Å². The number of carbonyl (C=O) groups is 1. The predicted molar refractivity (Wildman–Crippen MR) is 143 cm³/mol. The van der Waals surface area contributed by atoms with Crippen LogP contribution in [0.15, 0.2) is 72.8 Å². The van der Waals surface area contributed by atoms with Crippen LogP contribution in [0.1, 0.15) is 18.1 Å². The lowest BCUT2D eigenvalue weighted by molar-refractivity contribution is -0.116. The van der Waals surface area contributed by atoms with E-state index in [4.69, 9.17) is 4.74 Å². The minimum atomic E-state index is -0.617. The maximum Gasteiger partial charge on any atom is 0.246 e. The molecule has 0 radical (unpaired) electrons. The lowest BCUT2D eigenvalue weighted by Gasteiger charge is -2.16. The summed E-state index contributed by atoms with van der Waals surface area (Å²) >= 11 is 0. The SMILES string of the molecule is COc1ccc(NC(=O)[C@H](C)Nc2nc(Nc3ccc(C)cc3)nc(Nc3ccc(C)cc3)n2)cc1. The lowest BCUT2D eigenvalue weighted by atomic mass is 10.2. The summed E-state index contributed by atoms with van der Waals surface area (Å²) in [6.07, 6.45) is 0. The highest BCUT2D eigenvalue weighted by Crippen LogP contribution is 2.20. The summed E-state index contributed by atoms with van der Waals surface area (Å²) in [5.74, 6) is 1.42. The predicted octanol–water partition coefficient (Wildman–Crippen LogP) is 5.42. The third-order valence-corrected chi connectivity index (χ3v) is 5.35. The van der Waals surface area contributed by atoms with Crippen molar-refractivity contribution in [3.8, 4) is 5.75 Å². The highest BCUT2D eigenvalue weighted by atomic mass is 16.5. The molecule has 9 nitrogen and oxygen atoms in total. The standard InChI is InChI=1S/C27H29N7O2/c1-17-5-9-21(10-6-17)30-26-32-25(33-27(34-26)31-22-11-7-18(2)8-12-22)28-19(3)24(35)29-20-13-15-23(36-4)16-14-20/h5-16,19H,1-4H3,(H,29,35)(H3,28,30,31,32,33,34)/t19-/m0/s1. The Bertz CT molecular complexity index is 1240. The molecule has 4 aromatic rings. The third kappa shape index (κ3) is 6.69. The highest BCUT2D eigenvalue weighted by molar-refractivity contribution is 5.96. The van der Waals surface area contributed by atoms with Crippen molar-refractivity contribution in [3.63, 3.8) is 0 Å². The van der Waals surface area contributed by atoms with Crippen molar-refractivity contribution >= 4 is 40.8 Å². The van der Waals surface area contributed by atoms with Gasteiger partial charge < -0.3 is 26.0 Å². The first-order valence-corrected chi connectivity index (χ1v) is 11.5. The molecule has 0 aliphatic carbocycles. The van der Waals surface area contributed by atoms with Gasteiger partial charge in [-0.3, -0.25) is 4.79 Å². The Hall–Kier alpha value is -4.66. The van der Waals surface area contributed by atoms with E-state index in [1.165, 1.54) is 0 Å². The summed E-state index contributed by atoms with van der Waals surface area (Å²) in [5, 5.41) is 12.4. The smallest absolute Gasteiger partial charge is 0.246 e. The number of aryl methyl sites for hydroxylation is 2. The van der Waals surface area contributed by atoms with Crippen molar-refractivity contribution in [3.05, 3.63) is 83.9 Å². The van der Waals surface area contributed by atoms with Crippen LogP contribution in [0.3, 0.4) is 0 Å². The number of aromatic nitrogens is 3. The maximum absolute atomic E-state index is 12.8. The number of nitrogens with one attached hydrogen (secondary N) is 4. The molecule has 1 atom stereocenters. The molecule has 4 N–H and O–H groups in total. The fourth-order valence-corrected chi connectivity index (χ4v) is 3.27. The Labute approximate surface area is 210 Å². The molecule has 0 saturated carbocycles. The fraction of sp³-hybridized carbons (Fsp3) is 0.185. The number of carbonyl (C=O) groups excluding carboxylic acids is 1. The monoisotopic (exact) mass is 483 g/mol. The molecular weight excluding hydrogens is 454 g/mol. The Balaban J connectivity index is 1.53. The van der Waals surface area contributed by atoms with Crippen LogP contribution in [-0.2, 0) is 4.79 Å². The van der Waals surface area contributed by atoms with Crippen molar-refractivity contribution in [1.82, 2.24) is 15.0 Å². The van der Waals surface area contributed by atoms with Crippen LogP contribution >= 0.6 is 0 Å². The molecule has 184 valence electrons. The normalized spacial score (nSPS) is 11.3. The van der Waals surface area contributed by atoms with Gasteiger partial charge in [0.2, 0.25) is 23.8 Å². The minimum absolute atomic E-state index is 0.235. The van der Waals surface area contributed by atoms with Crippen LogP contribution in [0.25, 0.3) is 0 Å². The molecule has 0 spiro atoms. The first-order chi connectivity index (χ1) is 17.4. The van der Waals surface area contributed by atoms with Crippen LogP contribution in [0.4, 0.5) is 34.9 Å². The molecule has 4 rings (SSSR count). The fourth-order valence-electron chi connectivity index (χ4n) is 3.27. The zero-order chi connectivity index (χ0) is 25.5. The average Bonchev–Trinajstić information content (AvgIpc) is 2.87. The highest BCUT2D eigenvalue weighted by Gasteiger charge is 2.16. The van der Waals surface area contributed by atoms with Gasteiger partial charge in [-0.05, 0) is 69.3 Å². The molecule has 0 bridgehead atoms. The van der Waals surface area contributed by atoms with Crippen molar-refractivity contribution < 1.29 is 9.53 Å². The van der Waals surface area contributed by atoms with Gasteiger partial charge in [-0.25, -0.2) is 0 Å². The number of rotatable bonds is 9. The van der Waals surface area contributed by atoms with Gasteiger partial charge >= 0.3 is 0 Å². The number of ether oxygens (including phenoxy) is 1. The molecule has 0 saturated heterocycles. The van der Waals surface area contributed by atoms with E-state index in [1.54, 1.807) is 38.3 Å². The number of benzene rings is 3. The number of nitrogens with zero attached hydrogens (tertiary/aromatic N) is 3. The lowest BCUT2D eigenvalue weighted by Crippen LogP contribution is -2.32. The minimum Gasteiger partial charge on any atom is -0.497 e. The van der Waals surface area contributed by atoms with Crippen LogP contribution in [0.2, 0.25) is 0 Å². The Morgan fingerprint density at radius 1 is 0.694 bits per heavy atom. The molecule has 0 aliphatic heterocycles. The molecule has 0 fully saturated rings. The van der Waals surface area contributed by atoms with Crippen LogP contribution in [-0.4, -0.2) is 34.0 Å². The first-order valence-electron chi connectivity index (χ1n) is 11.5. The van der Waals surface area contributed by atoms with Gasteiger partial charge in [0.05, 0.1) is 7.11 Å². The van der Waals surface area contributed by atoms with E-state index in [0.29, 0.717) is 23.3 Å². The van der Waals surface area contributed by atoms with E-state index in [9.17, 15) is 4.79 Å². The summed E-state index contributed by atoms with van der Waals surface area (Å²) in [5.41, 5.74) is 4.64. The zero-order valence-electron chi connectivity index (χ0n) is 20.7. The molecule has 0 aliphatic rings. The number of amides is 1. The van der Waals surface area contributed by atoms with Gasteiger partial charge in [0.15, 0.2) is 0 Å². The number of hydrogen-bond donors (Lipinski definition) is 4. The van der Waals surface area contributed by atoms with Crippen molar-refractivity contribution in [2.24, 2.45) is 0 Å². The quantitative estimate of drug-likeness (QED) is 0.249. The molecule has 0 unspecified atom stereocenters. The van der Waals surface area contributed by atoms with Crippen molar-refractivity contribution in [2.45, 2.75) is 26.8 Å². The number of anilines is 6. The van der Waals surface area contributed by atoms with Crippen molar-refractivity contribution in [2.75, 3.05) is 28.4 Å². The maximum atomic E-state index is 12.8. The summed E-state index contributed by atoms with van der Waals surface area (Å²) in [4.78, 5) is 26.2. The van der Waals surface area contributed by atoms with E-state index in [2.05, 4.69) is 36.2 Å². The Morgan fingerprint density at radius 2 is 1.14 bits per heavy atom. The second kappa shape index (κ2) is 11.2. The molecular formula is C27H29N7O2. The van der Waals surface area contributed by atoms with E-state index in [-0.39, 0.29) is 11.9 Å². The summed E-state index contributed by atoms with van der Waals surface area (Å²) in [6.45, 7) is 5.79. The molecule has 36 heavy (non-hydrogen) atoms. The van der Waals surface area contributed by atoms with Crippen LogP contribution in [0, 0.1) is 13.8 Å². The summed E-state index contributed by atoms with van der Waals surface area (Å²) in [6, 6.07) is 22.3.